The zero-order chi connectivity index (χ0) is 22.2. The highest BCUT2D eigenvalue weighted by Gasteiger charge is 2.33. The highest BCUT2D eigenvalue weighted by molar-refractivity contribution is 5.53. The van der Waals surface area contributed by atoms with Gasteiger partial charge in [-0.1, -0.05) is 18.0 Å². The van der Waals surface area contributed by atoms with E-state index in [0.29, 0.717) is 29.4 Å². The SMILES string of the molecule is Cc1cc(CN(C)C2CCCCC2N(C)c2nc(N)n3nc(-c4ccco4)nc3n2)no1. The third-order valence-corrected chi connectivity index (χ3v) is 6.12. The number of anilines is 2. The van der Waals surface area contributed by atoms with Crippen molar-refractivity contribution >= 4 is 17.7 Å². The molecule has 0 aliphatic heterocycles. The third-order valence-electron chi connectivity index (χ3n) is 6.12. The van der Waals surface area contributed by atoms with Gasteiger partial charge in [0.2, 0.25) is 17.7 Å². The van der Waals surface area contributed by atoms with Crippen molar-refractivity contribution in [2.45, 2.75) is 51.2 Å². The van der Waals surface area contributed by atoms with Gasteiger partial charge in [0.05, 0.1) is 12.0 Å². The first-order valence-corrected chi connectivity index (χ1v) is 10.8. The summed E-state index contributed by atoms with van der Waals surface area (Å²) in [6.45, 7) is 2.64. The van der Waals surface area contributed by atoms with Gasteiger partial charge < -0.3 is 19.6 Å². The van der Waals surface area contributed by atoms with Gasteiger partial charge in [0, 0.05) is 31.7 Å². The Hall–Kier alpha value is -3.47. The van der Waals surface area contributed by atoms with Crippen molar-refractivity contribution in [2.75, 3.05) is 24.7 Å². The predicted octanol–water partition coefficient (Wildman–Crippen LogP) is 2.54. The molecule has 1 aliphatic rings. The van der Waals surface area contributed by atoms with Crippen molar-refractivity contribution in [3.05, 3.63) is 35.9 Å². The Balaban J connectivity index is 1.41. The maximum Gasteiger partial charge on any atom is 0.259 e. The van der Waals surface area contributed by atoms with Crippen molar-refractivity contribution in [1.29, 1.82) is 0 Å². The molecular weight excluding hydrogens is 410 g/mol. The average molecular weight is 438 g/mol. The molecule has 2 unspecified atom stereocenters. The van der Waals surface area contributed by atoms with Crippen LogP contribution in [0.1, 0.15) is 37.1 Å². The first-order valence-electron chi connectivity index (χ1n) is 10.8. The summed E-state index contributed by atoms with van der Waals surface area (Å²) in [5, 5.41) is 8.53. The molecule has 0 bridgehead atoms. The fourth-order valence-electron chi connectivity index (χ4n) is 4.53. The van der Waals surface area contributed by atoms with Crippen LogP contribution < -0.4 is 10.6 Å². The quantitative estimate of drug-likeness (QED) is 0.480. The second-order valence-corrected chi connectivity index (χ2v) is 8.38. The molecule has 0 radical (unpaired) electrons. The Morgan fingerprint density at radius 3 is 2.69 bits per heavy atom. The van der Waals surface area contributed by atoms with Crippen molar-refractivity contribution < 1.29 is 8.94 Å². The molecule has 5 rings (SSSR count). The summed E-state index contributed by atoms with van der Waals surface area (Å²) in [4.78, 5) is 18.1. The highest BCUT2D eigenvalue weighted by atomic mass is 16.5. The van der Waals surface area contributed by atoms with Crippen LogP contribution in [0.5, 0.6) is 0 Å². The molecule has 1 fully saturated rings. The minimum absolute atomic E-state index is 0.232. The van der Waals surface area contributed by atoms with Gasteiger partial charge in [-0.15, -0.1) is 5.10 Å². The molecule has 4 heterocycles. The molecule has 32 heavy (non-hydrogen) atoms. The van der Waals surface area contributed by atoms with E-state index in [0.717, 1.165) is 37.3 Å². The van der Waals surface area contributed by atoms with Crippen LogP contribution in [0.3, 0.4) is 0 Å². The van der Waals surface area contributed by atoms with Crippen LogP contribution in [0.4, 0.5) is 11.9 Å². The number of hydrogen-bond donors (Lipinski definition) is 1. The van der Waals surface area contributed by atoms with Crippen molar-refractivity contribution in [3.8, 4) is 11.6 Å². The van der Waals surface area contributed by atoms with E-state index in [9.17, 15) is 0 Å². The summed E-state index contributed by atoms with van der Waals surface area (Å²) in [5.41, 5.74) is 7.15. The number of hydrogen-bond acceptors (Lipinski definition) is 10. The summed E-state index contributed by atoms with van der Waals surface area (Å²) in [6.07, 6.45) is 6.06. The standard InChI is InChI=1S/C21H27N9O2/c1-13-11-14(27-32-13)12-28(2)15-7-4-5-8-16(15)29(3)20-24-19(22)30-21(25-20)23-18(26-30)17-9-6-10-31-17/h6,9-11,15-16H,4-5,7-8,12H2,1-3H3,(H2,22,23,24,25,26). The largest absolute Gasteiger partial charge is 0.461 e. The lowest BCUT2D eigenvalue weighted by Gasteiger charge is -2.42. The van der Waals surface area contributed by atoms with E-state index in [2.05, 4.69) is 42.1 Å². The molecule has 4 aromatic heterocycles. The number of aromatic nitrogens is 6. The molecule has 11 nitrogen and oxygen atoms in total. The molecular formula is C21H27N9O2. The lowest BCUT2D eigenvalue weighted by atomic mass is 9.88. The van der Waals surface area contributed by atoms with Gasteiger partial charge in [-0.2, -0.15) is 19.5 Å². The number of nitrogen functional groups attached to an aromatic ring is 1. The van der Waals surface area contributed by atoms with Crippen LogP contribution in [-0.2, 0) is 6.54 Å². The number of likely N-dealkylation sites (N-methyl/N-ethyl adjacent to an activating group) is 2. The topological polar surface area (TPSA) is 128 Å². The van der Waals surface area contributed by atoms with Crippen LogP contribution in [0.15, 0.2) is 33.4 Å². The van der Waals surface area contributed by atoms with Gasteiger partial charge in [0.1, 0.15) is 5.76 Å². The summed E-state index contributed by atoms with van der Waals surface area (Å²) in [5.74, 6) is 2.97. The molecule has 2 atom stereocenters. The maximum atomic E-state index is 6.21. The molecule has 1 aliphatic carbocycles. The summed E-state index contributed by atoms with van der Waals surface area (Å²) in [6, 6.07) is 6.12. The van der Waals surface area contributed by atoms with Gasteiger partial charge in [-0.05, 0) is 38.9 Å². The number of rotatable bonds is 6. The lowest BCUT2D eigenvalue weighted by Crippen LogP contribution is -2.51. The second-order valence-electron chi connectivity index (χ2n) is 8.38. The number of fused-ring (bicyclic) bond motifs is 1. The maximum absolute atomic E-state index is 6.21. The van der Waals surface area contributed by atoms with Crippen LogP contribution in [0.2, 0.25) is 0 Å². The Kier molecular flexibility index (Phi) is 5.25. The van der Waals surface area contributed by atoms with Crippen LogP contribution in [0, 0.1) is 6.92 Å². The first kappa shape index (κ1) is 20.4. The smallest absolute Gasteiger partial charge is 0.259 e. The van der Waals surface area contributed by atoms with Crippen molar-refractivity contribution in [1.82, 2.24) is 34.6 Å². The fraction of sp³-hybridized carbons (Fsp3) is 0.476. The van der Waals surface area contributed by atoms with Gasteiger partial charge in [0.15, 0.2) is 5.76 Å². The van der Waals surface area contributed by atoms with E-state index in [4.69, 9.17) is 14.7 Å². The van der Waals surface area contributed by atoms with E-state index >= 15 is 0 Å². The molecule has 0 amide bonds. The Bertz CT molecular complexity index is 1200. The first-order chi connectivity index (χ1) is 15.5. The molecule has 1 saturated carbocycles. The minimum Gasteiger partial charge on any atom is -0.461 e. The summed E-state index contributed by atoms with van der Waals surface area (Å²) >= 11 is 0. The van der Waals surface area contributed by atoms with Gasteiger partial charge in [0.25, 0.3) is 5.78 Å². The monoisotopic (exact) mass is 437 g/mol. The molecule has 0 spiro atoms. The van der Waals surface area contributed by atoms with Crippen molar-refractivity contribution in [2.24, 2.45) is 0 Å². The van der Waals surface area contributed by atoms with Crippen LogP contribution in [-0.4, -0.2) is 60.8 Å². The second kappa shape index (κ2) is 8.23. The number of aryl methyl sites for hydroxylation is 1. The van der Waals surface area contributed by atoms with E-state index in [-0.39, 0.29) is 12.0 Å². The Morgan fingerprint density at radius 2 is 1.97 bits per heavy atom. The molecule has 0 aromatic carbocycles. The molecule has 0 saturated heterocycles. The van der Waals surface area contributed by atoms with E-state index in [1.54, 1.807) is 18.4 Å². The van der Waals surface area contributed by atoms with Gasteiger partial charge >= 0.3 is 0 Å². The van der Waals surface area contributed by atoms with Crippen molar-refractivity contribution in [3.63, 3.8) is 0 Å². The number of nitrogens with two attached hydrogens (primary N) is 1. The zero-order valence-corrected chi connectivity index (χ0v) is 18.5. The number of furan rings is 1. The third kappa shape index (κ3) is 3.79. The van der Waals surface area contributed by atoms with Crippen LogP contribution >= 0.6 is 0 Å². The Morgan fingerprint density at radius 1 is 1.16 bits per heavy atom. The zero-order valence-electron chi connectivity index (χ0n) is 18.5. The molecule has 4 aromatic rings. The Labute approximate surface area is 185 Å². The highest BCUT2D eigenvalue weighted by Crippen LogP contribution is 2.29. The van der Waals surface area contributed by atoms with E-state index < -0.39 is 0 Å². The van der Waals surface area contributed by atoms with Crippen LogP contribution in [0.25, 0.3) is 17.4 Å². The minimum atomic E-state index is 0.232. The molecule has 168 valence electrons. The van der Waals surface area contributed by atoms with E-state index in [1.807, 2.05) is 20.0 Å². The predicted molar refractivity (Wildman–Crippen MR) is 118 cm³/mol. The normalized spacial score (nSPS) is 19.1. The average Bonchev–Trinajstić information content (AvgIpc) is 3.54. The number of nitrogens with zero attached hydrogens (tertiary/aromatic N) is 8. The van der Waals surface area contributed by atoms with E-state index in [1.165, 1.54) is 10.9 Å². The summed E-state index contributed by atoms with van der Waals surface area (Å²) in [7, 11) is 4.15. The van der Waals surface area contributed by atoms with Gasteiger partial charge in [-0.3, -0.25) is 4.90 Å². The lowest BCUT2D eigenvalue weighted by molar-refractivity contribution is 0.155. The van der Waals surface area contributed by atoms with Gasteiger partial charge in [-0.25, -0.2) is 0 Å². The fourth-order valence-corrected chi connectivity index (χ4v) is 4.53. The summed E-state index contributed by atoms with van der Waals surface area (Å²) < 4.78 is 12.1. The molecule has 11 heteroatoms. The molecule has 2 N–H and O–H groups in total.